The minimum absolute atomic E-state index is 0.395. The molecule has 0 aliphatic carbocycles. The Kier molecular flexibility index (Phi) is 5.23. The number of fused-ring (bicyclic) bond motifs is 1. The summed E-state index contributed by atoms with van der Waals surface area (Å²) >= 11 is 1.65. The summed E-state index contributed by atoms with van der Waals surface area (Å²) in [4.78, 5) is 16.8. The summed E-state index contributed by atoms with van der Waals surface area (Å²) in [6.45, 7) is 5.55. The standard InChI is InChI=1S/C20H22N2O3S/c1-20(2,3)25-19(23)22-10-9-15-11-18(21-12-17(15)22)26-13-14-5-7-16(24-4)8-6-14/h5-12H,13H2,1-4H3. The lowest BCUT2D eigenvalue weighted by Crippen LogP contribution is -2.26. The topological polar surface area (TPSA) is 53.4 Å². The van der Waals surface area contributed by atoms with E-state index in [1.165, 1.54) is 10.1 Å². The smallest absolute Gasteiger partial charge is 0.419 e. The molecule has 0 bridgehead atoms. The molecule has 0 unspecified atom stereocenters. The fourth-order valence-corrected chi connectivity index (χ4v) is 3.29. The number of rotatable bonds is 4. The van der Waals surface area contributed by atoms with Crippen molar-refractivity contribution < 1.29 is 14.3 Å². The second kappa shape index (κ2) is 7.41. The molecule has 136 valence electrons. The van der Waals surface area contributed by atoms with E-state index in [9.17, 15) is 4.79 Å². The number of carbonyl (C=O) groups is 1. The molecule has 0 saturated heterocycles. The van der Waals surface area contributed by atoms with Crippen LogP contribution < -0.4 is 4.74 Å². The third-order valence-electron chi connectivity index (χ3n) is 3.69. The van der Waals surface area contributed by atoms with Gasteiger partial charge in [0.15, 0.2) is 0 Å². The van der Waals surface area contributed by atoms with Gasteiger partial charge in [-0.25, -0.2) is 9.78 Å². The Labute approximate surface area is 157 Å². The van der Waals surface area contributed by atoms with Crippen molar-refractivity contribution in [1.82, 2.24) is 9.55 Å². The zero-order valence-electron chi connectivity index (χ0n) is 15.4. The molecule has 0 amide bonds. The number of hydrogen-bond acceptors (Lipinski definition) is 5. The molecule has 5 nitrogen and oxygen atoms in total. The predicted octanol–water partition coefficient (Wildman–Crippen LogP) is 5.12. The van der Waals surface area contributed by atoms with E-state index in [1.807, 2.05) is 57.2 Å². The van der Waals surface area contributed by atoms with Crippen LogP contribution in [-0.4, -0.2) is 28.4 Å². The van der Waals surface area contributed by atoms with Gasteiger partial charge in [-0.05, 0) is 50.6 Å². The second-order valence-electron chi connectivity index (χ2n) is 6.88. The number of ether oxygens (including phenoxy) is 2. The summed E-state index contributed by atoms with van der Waals surface area (Å²) in [5.74, 6) is 1.66. The summed E-state index contributed by atoms with van der Waals surface area (Å²) in [6, 6.07) is 11.9. The fraction of sp³-hybridized carbons (Fsp3) is 0.300. The van der Waals surface area contributed by atoms with Crippen molar-refractivity contribution in [3.8, 4) is 5.75 Å². The van der Waals surface area contributed by atoms with Crippen LogP contribution in [0.3, 0.4) is 0 Å². The molecule has 2 heterocycles. The molecule has 0 atom stereocenters. The Balaban J connectivity index is 1.72. The number of carbonyl (C=O) groups excluding carboxylic acids is 1. The van der Waals surface area contributed by atoms with Crippen molar-refractivity contribution in [1.29, 1.82) is 0 Å². The summed E-state index contributed by atoms with van der Waals surface area (Å²) in [5.41, 5.74) is 1.41. The Morgan fingerprint density at radius 2 is 1.92 bits per heavy atom. The Morgan fingerprint density at radius 3 is 2.58 bits per heavy atom. The van der Waals surface area contributed by atoms with Crippen LogP contribution in [0.1, 0.15) is 26.3 Å². The Bertz CT molecular complexity index is 911. The van der Waals surface area contributed by atoms with Gasteiger partial charge in [-0.1, -0.05) is 12.1 Å². The number of nitrogens with zero attached hydrogens (tertiary/aromatic N) is 2. The largest absolute Gasteiger partial charge is 0.497 e. The van der Waals surface area contributed by atoms with Gasteiger partial charge in [0.1, 0.15) is 11.4 Å². The Morgan fingerprint density at radius 1 is 1.19 bits per heavy atom. The first-order chi connectivity index (χ1) is 12.4. The van der Waals surface area contributed by atoms with E-state index in [0.29, 0.717) is 0 Å². The van der Waals surface area contributed by atoms with Crippen molar-refractivity contribution >= 4 is 28.8 Å². The average molecular weight is 370 g/mol. The van der Waals surface area contributed by atoms with E-state index in [0.717, 1.165) is 27.4 Å². The molecule has 1 aromatic carbocycles. The molecule has 3 aromatic rings. The summed E-state index contributed by atoms with van der Waals surface area (Å²) in [6.07, 6.45) is 3.04. The number of methoxy groups -OCH3 is 1. The van der Waals surface area contributed by atoms with Gasteiger partial charge < -0.3 is 9.47 Å². The molecule has 0 saturated carbocycles. The van der Waals surface area contributed by atoms with Gasteiger partial charge in [0.05, 0.1) is 23.8 Å². The van der Waals surface area contributed by atoms with Gasteiger partial charge in [0.25, 0.3) is 0 Å². The summed E-state index contributed by atoms with van der Waals surface area (Å²) < 4.78 is 12.1. The third-order valence-corrected chi connectivity index (χ3v) is 4.68. The van der Waals surface area contributed by atoms with E-state index in [2.05, 4.69) is 4.98 Å². The third kappa shape index (κ3) is 4.38. The fourth-order valence-electron chi connectivity index (χ4n) is 2.44. The van der Waals surface area contributed by atoms with Crippen molar-refractivity contribution in [2.75, 3.05) is 7.11 Å². The highest BCUT2D eigenvalue weighted by atomic mass is 32.2. The van der Waals surface area contributed by atoms with Gasteiger partial charge in [-0.3, -0.25) is 4.57 Å². The molecule has 0 aliphatic rings. The van der Waals surface area contributed by atoms with Crippen molar-refractivity contribution in [3.05, 3.63) is 54.4 Å². The molecule has 0 radical (unpaired) electrons. The highest BCUT2D eigenvalue weighted by Crippen LogP contribution is 2.26. The van der Waals surface area contributed by atoms with E-state index in [-0.39, 0.29) is 0 Å². The predicted molar refractivity (Wildman–Crippen MR) is 104 cm³/mol. The summed E-state index contributed by atoms with van der Waals surface area (Å²) in [5, 5.41) is 1.87. The van der Waals surface area contributed by atoms with Crippen LogP contribution in [0.15, 0.2) is 53.8 Å². The van der Waals surface area contributed by atoms with Gasteiger partial charge in [-0.2, -0.15) is 0 Å². The lowest BCUT2D eigenvalue weighted by Gasteiger charge is -2.19. The zero-order chi connectivity index (χ0) is 18.7. The SMILES string of the molecule is COc1ccc(CSc2cc3ccn(C(=O)OC(C)(C)C)c3cn2)cc1. The molecule has 3 rings (SSSR count). The lowest BCUT2D eigenvalue weighted by molar-refractivity contribution is 0.0544. The molecular weight excluding hydrogens is 348 g/mol. The van der Waals surface area contributed by atoms with Gasteiger partial charge in [0.2, 0.25) is 0 Å². The Hall–Kier alpha value is -2.47. The number of benzene rings is 1. The first kappa shape index (κ1) is 18.3. The lowest BCUT2D eigenvalue weighted by atomic mass is 10.2. The van der Waals surface area contributed by atoms with E-state index >= 15 is 0 Å². The number of hydrogen-bond donors (Lipinski definition) is 0. The van der Waals surface area contributed by atoms with Crippen LogP contribution in [0.2, 0.25) is 0 Å². The highest BCUT2D eigenvalue weighted by Gasteiger charge is 2.19. The normalized spacial score (nSPS) is 11.5. The quantitative estimate of drug-likeness (QED) is 0.597. The minimum atomic E-state index is -0.532. The maximum absolute atomic E-state index is 12.3. The van der Waals surface area contributed by atoms with E-state index < -0.39 is 11.7 Å². The van der Waals surface area contributed by atoms with Crippen LogP contribution in [0.25, 0.3) is 10.9 Å². The van der Waals surface area contributed by atoms with Crippen molar-refractivity contribution in [2.45, 2.75) is 37.2 Å². The van der Waals surface area contributed by atoms with Gasteiger partial charge in [-0.15, -0.1) is 11.8 Å². The first-order valence-electron chi connectivity index (χ1n) is 8.32. The molecule has 0 fully saturated rings. The van der Waals surface area contributed by atoms with Crippen LogP contribution in [0.4, 0.5) is 4.79 Å². The first-order valence-corrected chi connectivity index (χ1v) is 9.30. The van der Waals surface area contributed by atoms with Crippen LogP contribution in [0.5, 0.6) is 5.75 Å². The molecular formula is C20H22N2O3S. The molecule has 0 N–H and O–H groups in total. The highest BCUT2D eigenvalue weighted by molar-refractivity contribution is 7.98. The zero-order valence-corrected chi connectivity index (χ0v) is 16.2. The van der Waals surface area contributed by atoms with Gasteiger partial charge in [0, 0.05) is 17.3 Å². The van der Waals surface area contributed by atoms with Crippen LogP contribution >= 0.6 is 11.8 Å². The maximum atomic E-state index is 12.3. The number of thioether (sulfide) groups is 1. The van der Waals surface area contributed by atoms with E-state index in [4.69, 9.17) is 9.47 Å². The molecule has 2 aromatic heterocycles. The maximum Gasteiger partial charge on any atom is 0.419 e. The molecule has 0 aliphatic heterocycles. The number of aromatic nitrogens is 2. The monoisotopic (exact) mass is 370 g/mol. The van der Waals surface area contributed by atoms with Crippen molar-refractivity contribution in [3.63, 3.8) is 0 Å². The minimum Gasteiger partial charge on any atom is -0.497 e. The summed E-state index contributed by atoms with van der Waals surface area (Å²) in [7, 11) is 1.66. The molecule has 0 spiro atoms. The van der Waals surface area contributed by atoms with Crippen LogP contribution in [0, 0.1) is 0 Å². The van der Waals surface area contributed by atoms with E-state index in [1.54, 1.807) is 31.3 Å². The number of pyridine rings is 1. The molecule has 26 heavy (non-hydrogen) atoms. The average Bonchev–Trinajstić information content (AvgIpc) is 3.02. The molecule has 6 heteroatoms. The van der Waals surface area contributed by atoms with Crippen molar-refractivity contribution in [2.24, 2.45) is 0 Å². The van der Waals surface area contributed by atoms with Crippen LogP contribution in [-0.2, 0) is 10.5 Å². The van der Waals surface area contributed by atoms with Gasteiger partial charge >= 0.3 is 6.09 Å². The second-order valence-corrected chi connectivity index (χ2v) is 7.88.